The molecule has 4 fully saturated rings. The van der Waals surface area contributed by atoms with E-state index in [-0.39, 0.29) is 11.8 Å². The van der Waals surface area contributed by atoms with Crippen molar-refractivity contribution in [3.63, 3.8) is 0 Å². The number of halogens is 1. The van der Waals surface area contributed by atoms with Gasteiger partial charge >= 0.3 is 5.97 Å². The summed E-state index contributed by atoms with van der Waals surface area (Å²) < 4.78 is 6.13. The number of rotatable bonds is 4. The fraction of sp³-hybridized carbons (Fsp3) is 0.556. The van der Waals surface area contributed by atoms with Gasteiger partial charge in [-0.05, 0) is 73.8 Å². The van der Waals surface area contributed by atoms with Crippen molar-refractivity contribution in [3.8, 4) is 0 Å². The Balaban J connectivity index is 1.37. The summed E-state index contributed by atoms with van der Waals surface area (Å²) in [5, 5.41) is 26.0. The maximum absolute atomic E-state index is 13.9. The molecule has 4 bridgehead atoms. The van der Waals surface area contributed by atoms with E-state index in [1.807, 2.05) is 30.3 Å². The minimum atomic E-state index is -1.21. The van der Waals surface area contributed by atoms with Crippen LogP contribution in [0.1, 0.15) is 38.2 Å². The molecule has 3 N–H and O–H groups in total. The van der Waals surface area contributed by atoms with Gasteiger partial charge in [-0.3, -0.25) is 9.59 Å². The van der Waals surface area contributed by atoms with Gasteiger partial charge in [-0.1, -0.05) is 36.4 Å². The Morgan fingerprint density at radius 1 is 1.32 bits per heavy atom. The van der Waals surface area contributed by atoms with Gasteiger partial charge in [-0.15, -0.1) is 0 Å². The number of benzene rings is 1. The average molecular weight is 484 g/mol. The van der Waals surface area contributed by atoms with Crippen molar-refractivity contribution in [2.75, 3.05) is 6.54 Å². The number of aliphatic hydroxyl groups excluding tert-OH is 1. The zero-order chi connectivity index (χ0) is 24.1. The number of fused-ring (bicyclic) bond motifs is 1. The lowest BCUT2D eigenvalue weighted by Crippen LogP contribution is -2.52. The van der Waals surface area contributed by atoms with E-state index in [4.69, 9.17) is 16.3 Å². The molecule has 1 saturated heterocycles. The molecule has 1 aromatic rings. The molecular formula is C27H30ClNO5. The minimum absolute atomic E-state index is 0.105. The highest BCUT2D eigenvalue weighted by Gasteiger charge is 2.83. The molecule has 0 aromatic heterocycles. The molecule has 5 aliphatic rings. The van der Waals surface area contributed by atoms with E-state index in [0.29, 0.717) is 43.7 Å². The SMILES string of the molecule is C=C1C[C@]23C[C@@]1(O)CC[C@H]2[C@@]12C=C[C@H](O)[C@](C)(C(=O)O1)[C@H]2[C@@H]3C(=O)NCCc1ccc(Cl)cc1. The Labute approximate surface area is 204 Å². The highest BCUT2D eigenvalue weighted by atomic mass is 35.5. The molecule has 3 saturated carbocycles. The third kappa shape index (κ3) is 2.59. The molecule has 6 nitrogen and oxygen atoms in total. The van der Waals surface area contributed by atoms with Gasteiger partial charge in [-0.25, -0.2) is 0 Å². The Morgan fingerprint density at radius 3 is 2.79 bits per heavy atom. The molecule has 0 unspecified atom stereocenters. The molecule has 8 atom stereocenters. The Kier molecular flexibility index (Phi) is 4.57. The standard InChI is InChI=1S/C27H30ClNO5/c1-15-13-25-14-26(15,33)10-7-18(25)27-11-8-19(30)24(2,23(32)34-27)21(27)20(25)22(31)29-12-9-16-3-5-17(28)6-4-16/h3-6,8,11,18-21,30,33H,1,7,9-10,12-14H2,2H3,(H,29,31)/t18-,19+,20-,21-,24+,25+,26+,27-/m1/s1. The predicted octanol–water partition coefficient (Wildman–Crippen LogP) is 2.95. The second kappa shape index (κ2) is 6.96. The largest absolute Gasteiger partial charge is 0.454 e. The summed E-state index contributed by atoms with van der Waals surface area (Å²) in [6.07, 6.45) is 5.28. The molecule has 180 valence electrons. The molecule has 1 aromatic carbocycles. The lowest BCUT2D eigenvalue weighted by atomic mass is 9.60. The fourth-order valence-electron chi connectivity index (χ4n) is 8.25. The normalized spacial score (nSPS) is 45.6. The first-order chi connectivity index (χ1) is 16.1. The van der Waals surface area contributed by atoms with Crippen molar-refractivity contribution in [2.24, 2.45) is 28.6 Å². The van der Waals surface area contributed by atoms with Crippen LogP contribution in [0.15, 0.2) is 48.6 Å². The molecule has 1 spiro atoms. The van der Waals surface area contributed by atoms with Crippen LogP contribution in [-0.2, 0) is 20.7 Å². The Hall–Kier alpha value is -2.15. The zero-order valence-corrected chi connectivity index (χ0v) is 20.0. The second-order valence-corrected chi connectivity index (χ2v) is 11.7. The third-order valence-electron chi connectivity index (χ3n) is 9.76. The number of hydrogen-bond donors (Lipinski definition) is 3. The van der Waals surface area contributed by atoms with Crippen LogP contribution in [0, 0.1) is 28.6 Å². The fourth-order valence-corrected chi connectivity index (χ4v) is 8.37. The monoisotopic (exact) mass is 483 g/mol. The highest BCUT2D eigenvalue weighted by Crippen LogP contribution is 2.77. The topological polar surface area (TPSA) is 95.9 Å². The number of amides is 1. The first-order valence-corrected chi connectivity index (χ1v) is 12.5. The molecule has 1 aliphatic heterocycles. The number of carbonyl (C=O) groups excluding carboxylic acids is 2. The molecular weight excluding hydrogens is 454 g/mol. The number of aliphatic hydroxyl groups is 2. The quantitative estimate of drug-likeness (QED) is 0.452. The lowest BCUT2D eigenvalue weighted by Gasteiger charge is -2.44. The van der Waals surface area contributed by atoms with Crippen LogP contribution >= 0.6 is 11.6 Å². The first kappa shape index (κ1) is 22.3. The van der Waals surface area contributed by atoms with Crippen LogP contribution in [0.25, 0.3) is 0 Å². The first-order valence-electron chi connectivity index (χ1n) is 12.1. The van der Waals surface area contributed by atoms with Crippen LogP contribution in [0.2, 0.25) is 5.02 Å². The van der Waals surface area contributed by atoms with Crippen molar-refractivity contribution < 1.29 is 24.5 Å². The maximum atomic E-state index is 13.9. The summed E-state index contributed by atoms with van der Waals surface area (Å²) in [7, 11) is 0. The van der Waals surface area contributed by atoms with Crippen molar-refractivity contribution in [3.05, 3.63) is 59.2 Å². The smallest absolute Gasteiger partial charge is 0.316 e. The van der Waals surface area contributed by atoms with Gasteiger partial charge in [0.15, 0.2) is 0 Å². The summed E-state index contributed by atoms with van der Waals surface area (Å²) in [4.78, 5) is 27.1. The van der Waals surface area contributed by atoms with Gasteiger partial charge < -0.3 is 20.3 Å². The van der Waals surface area contributed by atoms with Gasteiger partial charge in [0.05, 0.1) is 17.6 Å². The van der Waals surface area contributed by atoms with Gasteiger partial charge in [0.2, 0.25) is 5.91 Å². The number of ether oxygens (including phenoxy) is 1. The van der Waals surface area contributed by atoms with Crippen LogP contribution in [-0.4, -0.2) is 45.9 Å². The zero-order valence-electron chi connectivity index (χ0n) is 19.2. The van der Waals surface area contributed by atoms with E-state index in [1.54, 1.807) is 13.0 Å². The predicted molar refractivity (Wildman–Crippen MR) is 126 cm³/mol. The van der Waals surface area contributed by atoms with Crippen LogP contribution in [0.4, 0.5) is 0 Å². The van der Waals surface area contributed by atoms with Gasteiger partial charge in [0.1, 0.15) is 11.0 Å². The number of esters is 1. The molecule has 34 heavy (non-hydrogen) atoms. The van der Waals surface area contributed by atoms with Crippen LogP contribution in [0.5, 0.6) is 0 Å². The second-order valence-electron chi connectivity index (χ2n) is 11.3. The summed E-state index contributed by atoms with van der Waals surface area (Å²) in [6, 6.07) is 7.53. The Bertz CT molecular complexity index is 1130. The van der Waals surface area contributed by atoms with E-state index >= 15 is 0 Å². The van der Waals surface area contributed by atoms with E-state index in [0.717, 1.165) is 11.1 Å². The van der Waals surface area contributed by atoms with Gasteiger partial charge in [0.25, 0.3) is 0 Å². The van der Waals surface area contributed by atoms with Crippen molar-refractivity contribution in [1.29, 1.82) is 0 Å². The number of carbonyl (C=O) groups is 2. The van der Waals surface area contributed by atoms with E-state index in [9.17, 15) is 19.8 Å². The van der Waals surface area contributed by atoms with Gasteiger partial charge in [0, 0.05) is 23.4 Å². The van der Waals surface area contributed by atoms with E-state index < -0.39 is 45.9 Å². The summed E-state index contributed by atoms with van der Waals surface area (Å²) in [5.41, 5.74) is -1.87. The third-order valence-corrected chi connectivity index (χ3v) is 10.0. The van der Waals surface area contributed by atoms with Gasteiger partial charge in [-0.2, -0.15) is 0 Å². The summed E-state index contributed by atoms with van der Waals surface area (Å²) in [6.45, 7) is 6.35. The average Bonchev–Trinajstić information content (AvgIpc) is 3.22. The van der Waals surface area contributed by atoms with Crippen molar-refractivity contribution in [2.45, 2.75) is 56.3 Å². The molecule has 1 amide bonds. The maximum Gasteiger partial charge on any atom is 0.316 e. The molecule has 4 aliphatic carbocycles. The molecule has 0 radical (unpaired) electrons. The molecule has 1 heterocycles. The van der Waals surface area contributed by atoms with E-state index in [1.165, 1.54) is 0 Å². The summed E-state index contributed by atoms with van der Waals surface area (Å²) >= 11 is 5.98. The minimum Gasteiger partial charge on any atom is -0.454 e. The van der Waals surface area contributed by atoms with E-state index in [2.05, 4.69) is 11.9 Å². The number of hydrogen-bond acceptors (Lipinski definition) is 5. The van der Waals surface area contributed by atoms with Crippen LogP contribution in [0.3, 0.4) is 0 Å². The lowest BCUT2D eigenvalue weighted by molar-refractivity contribution is -0.160. The Morgan fingerprint density at radius 2 is 2.06 bits per heavy atom. The van der Waals surface area contributed by atoms with Crippen molar-refractivity contribution >= 4 is 23.5 Å². The molecule has 6 rings (SSSR count). The molecule has 7 heteroatoms. The highest BCUT2D eigenvalue weighted by molar-refractivity contribution is 6.30. The van der Waals surface area contributed by atoms with Crippen LogP contribution < -0.4 is 5.32 Å². The van der Waals surface area contributed by atoms with Crippen molar-refractivity contribution in [1.82, 2.24) is 5.32 Å². The number of nitrogens with one attached hydrogen (secondary N) is 1. The summed E-state index contributed by atoms with van der Waals surface area (Å²) in [5.74, 6) is -1.77.